The lowest BCUT2D eigenvalue weighted by molar-refractivity contribution is -0.385. The lowest BCUT2D eigenvalue weighted by Crippen LogP contribution is -2.02. The van der Waals surface area contributed by atoms with Gasteiger partial charge in [-0.15, -0.1) is 0 Å². The zero-order valence-corrected chi connectivity index (χ0v) is 14.7. The van der Waals surface area contributed by atoms with Crippen LogP contribution in [-0.4, -0.2) is 24.0 Å². The van der Waals surface area contributed by atoms with Gasteiger partial charge in [0, 0.05) is 6.07 Å². The van der Waals surface area contributed by atoms with Crippen LogP contribution >= 0.6 is 0 Å². The monoisotopic (exact) mass is 375 g/mol. The molecule has 0 unspecified atom stereocenters. The molecule has 0 spiro atoms. The Morgan fingerprint density at radius 3 is 2.11 bits per heavy atom. The summed E-state index contributed by atoms with van der Waals surface area (Å²) in [7, 11) is 1.31. The maximum absolute atomic E-state index is 12.4. The number of nitrogens with zero attached hydrogens (tertiary/aromatic N) is 1. The molecule has 28 heavy (non-hydrogen) atoms. The average Bonchev–Trinajstić information content (AvgIpc) is 3.00. The van der Waals surface area contributed by atoms with Crippen LogP contribution in [0.5, 0.6) is 5.75 Å². The summed E-state index contributed by atoms with van der Waals surface area (Å²) >= 11 is 0. The van der Waals surface area contributed by atoms with E-state index in [0.29, 0.717) is 5.56 Å². The normalized spacial score (nSPS) is 13.8. The van der Waals surface area contributed by atoms with E-state index in [1.54, 1.807) is 12.1 Å². The second kappa shape index (κ2) is 6.62. The van der Waals surface area contributed by atoms with E-state index in [-0.39, 0.29) is 28.1 Å². The van der Waals surface area contributed by atoms with Crippen molar-refractivity contribution in [3.05, 3.63) is 81.9 Å². The fourth-order valence-electron chi connectivity index (χ4n) is 3.25. The molecule has 1 aliphatic heterocycles. The highest BCUT2D eigenvalue weighted by molar-refractivity contribution is 6.45. The molecule has 0 radical (unpaired) electrons. The number of hydrogen-bond acceptors (Lipinski definition) is 6. The summed E-state index contributed by atoms with van der Waals surface area (Å²) in [6.07, 6.45) is 0. The van der Waals surface area contributed by atoms with E-state index in [4.69, 9.17) is 9.47 Å². The first-order valence-electron chi connectivity index (χ1n) is 8.32. The first-order valence-corrected chi connectivity index (χ1v) is 8.32. The molecule has 3 aromatic rings. The second-order valence-electron chi connectivity index (χ2n) is 6.13. The van der Waals surface area contributed by atoms with Gasteiger partial charge in [-0.3, -0.25) is 10.1 Å². The number of ether oxygens (including phenoxy) is 2. The van der Waals surface area contributed by atoms with Gasteiger partial charge in [0.1, 0.15) is 0 Å². The van der Waals surface area contributed by atoms with Crippen molar-refractivity contribution in [3.63, 3.8) is 0 Å². The van der Waals surface area contributed by atoms with Gasteiger partial charge in [-0.25, -0.2) is 9.59 Å². The number of esters is 2. The third kappa shape index (κ3) is 2.79. The molecule has 0 bridgehead atoms. The highest BCUT2D eigenvalue weighted by atomic mass is 16.6. The fraction of sp³-hybridized carbons (Fsp3) is 0.0476. The van der Waals surface area contributed by atoms with Gasteiger partial charge in [-0.05, 0) is 40.1 Å². The molecule has 0 saturated carbocycles. The SMILES string of the molecule is COc1ccc(C2=C(c3ccc4ccccc4c3)C(=O)OC2=O)cc1[N+](=O)[O-]. The molecular weight excluding hydrogens is 362 g/mol. The predicted molar refractivity (Wildman–Crippen MR) is 102 cm³/mol. The van der Waals surface area contributed by atoms with Gasteiger partial charge in [0.05, 0.1) is 23.2 Å². The Labute approximate surface area is 159 Å². The van der Waals surface area contributed by atoms with Crippen LogP contribution in [-0.2, 0) is 14.3 Å². The first-order chi connectivity index (χ1) is 13.5. The molecule has 0 fully saturated rings. The van der Waals surface area contributed by atoms with Gasteiger partial charge in [-0.1, -0.05) is 36.4 Å². The van der Waals surface area contributed by atoms with Gasteiger partial charge in [0.25, 0.3) is 0 Å². The number of carbonyl (C=O) groups is 2. The van der Waals surface area contributed by atoms with E-state index in [1.807, 2.05) is 30.3 Å². The number of cyclic esters (lactones) is 2. The first kappa shape index (κ1) is 17.4. The van der Waals surface area contributed by atoms with Crippen molar-refractivity contribution in [2.24, 2.45) is 0 Å². The van der Waals surface area contributed by atoms with Crippen LogP contribution in [0, 0.1) is 10.1 Å². The predicted octanol–water partition coefficient (Wildman–Crippen LogP) is 3.75. The standard InChI is InChI=1S/C21H13NO6/c1-27-17-9-8-15(11-16(17)22(25)26)19-18(20(23)28-21(19)24)14-7-6-12-4-2-3-5-13(12)10-14/h2-11H,1H3. The topological polar surface area (TPSA) is 95.7 Å². The number of benzene rings is 3. The minimum atomic E-state index is -0.840. The van der Waals surface area contributed by atoms with Crippen molar-refractivity contribution in [2.75, 3.05) is 7.11 Å². The summed E-state index contributed by atoms with van der Waals surface area (Å²) in [5.74, 6) is -1.57. The van der Waals surface area contributed by atoms with Crippen LogP contribution in [0.25, 0.3) is 21.9 Å². The summed E-state index contributed by atoms with van der Waals surface area (Å²) in [5, 5.41) is 13.2. The second-order valence-corrected chi connectivity index (χ2v) is 6.13. The highest BCUT2D eigenvalue weighted by Crippen LogP contribution is 2.38. The molecule has 4 rings (SSSR count). The van der Waals surface area contributed by atoms with E-state index >= 15 is 0 Å². The summed E-state index contributed by atoms with van der Waals surface area (Å²) in [5.41, 5.74) is 0.480. The Morgan fingerprint density at radius 1 is 0.857 bits per heavy atom. The van der Waals surface area contributed by atoms with Crippen molar-refractivity contribution < 1.29 is 24.0 Å². The van der Waals surface area contributed by atoms with Crippen molar-refractivity contribution in [1.29, 1.82) is 0 Å². The Bertz CT molecular complexity index is 1190. The van der Waals surface area contributed by atoms with Crippen molar-refractivity contribution in [3.8, 4) is 5.75 Å². The molecular formula is C21H13NO6. The molecule has 0 aromatic heterocycles. The zero-order valence-electron chi connectivity index (χ0n) is 14.7. The third-order valence-electron chi connectivity index (χ3n) is 4.55. The Kier molecular flexibility index (Phi) is 4.12. The van der Waals surface area contributed by atoms with Gasteiger partial charge in [0.15, 0.2) is 5.75 Å². The molecule has 7 nitrogen and oxygen atoms in total. The highest BCUT2D eigenvalue weighted by Gasteiger charge is 2.36. The molecule has 1 aliphatic rings. The van der Waals surface area contributed by atoms with Crippen LogP contribution in [0.15, 0.2) is 60.7 Å². The Balaban J connectivity index is 1.94. The summed E-state index contributed by atoms with van der Waals surface area (Å²) in [6.45, 7) is 0. The molecule has 1 heterocycles. The maximum Gasteiger partial charge on any atom is 0.347 e. The van der Waals surface area contributed by atoms with Gasteiger partial charge in [0.2, 0.25) is 0 Å². The summed E-state index contributed by atoms with van der Waals surface area (Å²) in [4.78, 5) is 35.5. The molecule has 0 atom stereocenters. The molecule has 0 N–H and O–H groups in total. The van der Waals surface area contributed by atoms with Crippen LogP contribution < -0.4 is 4.74 Å². The maximum atomic E-state index is 12.4. The van der Waals surface area contributed by atoms with Crippen LogP contribution in [0.4, 0.5) is 5.69 Å². The summed E-state index contributed by atoms with van der Waals surface area (Å²) in [6, 6.07) is 17.0. The average molecular weight is 375 g/mol. The van der Waals surface area contributed by atoms with Gasteiger partial charge >= 0.3 is 17.6 Å². The van der Waals surface area contributed by atoms with Crippen LogP contribution in [0.3, 0.4) is 0 Å². The number of rotatable bonds is 4. The lowest BCUT2D eigenvalue weighted by Gasteiger charge is -2.07. The minimum absolute atomic E-state index is 0.00830. The zero-order chi connectivity index (χ0) is 19.8. The fourth-order valence-corrected chi connectivity index (χ4v) is 3.25. The van der Waals surface area contributed by atoms with Crippen LogP contribution in [0.2, 0.25) is 0 Å². The van der Waals surface area contributed by atoms with E-state index in [0.717, 1.165) is 10.8 Å². The van der Waals surface area contributed by atoms with E-state index < -0.39 is 16.9 Å². The van der Waals surface area contributed by atoms with Crippen molar-refractivity contribution in [1.82, 2.24) is 0 Å². The van der Waals surface area contributed by atoms with Gasteiger partial charge < -0.3 is 9.47 Å². The number of methoxy groups -OCH3 is 1. The molecule has 7 heteroatoms. The lowest BCUT2D eigenvalue weighted by atomic mass is 9.94. The largest absolute Gasteiger partial charge is 0.490 e. The number of nitro benzene ring substituents is 1. The molecule has 138 valence electrons. The Hall–Kier alpha value is -4.00. The van der Waals surface area contributed by atoms with E-state index in [2.05, 4.69) is 0 Å². The molecule has 0 amide bonds. The number of fused-ring (bicyclic) bond motifs is 1. The number of hydrogen-bond donors (Lipinski definition) is 0. The van der Waals surface area contributed by atoms with Crippen molar-refractivity contribution >= 4 is 39.5 Å². The quantitative estimate of drug-likeness (QED) is 0.298. The van der Waals surface area contributed by atoms with E-state index in [9.17, 15) is 19.7 Å². The number of nitro groups is 1. The summed E-state index contributed by atoms with van der Waals surface area (Å²) < 4.78 is 9.80. The molecule has 3 aromatic carbocycles. The van der Waals surface area contributed by atoms with E-state index in [1.165, 1.54) is 25.3 Å². The molecule has 0 aliphatic carbocycles. The van der Waals surface area contributed by atoms with Gasteiger partial charge in [-0.2, -0.15) is 0 Å². The van der Waals surface area contributed by atoms with Crippen LogP contribution in [0.1, 0.15) is 11.1 Å². The van der Waals surface area contributed by atoms with Crippen molar-refractivity contribution in [2.45, 2.75) is 0 Å². The smallest absolute Gasteiger partial charge is 0.347 e. The number of carbonyl (C=O) groups excluding carboxylic acids is 2. The molecule has 0 saturated heterocycles. The third-order valence-corrected chi connectivity index (χ3v) is 4.55. The minimum Gasteiger partial charge on any atom is -0.490 e. The Morgan fingerprint density at radius 2 is 1.46 bits per heavy atom.